The Bertz CT molecular complexity index is 1350. The van der Waals surface area contributed by atoms with Crippen molar-refractivity contribution in [3.05, 3.63) is 83.4 Å². The van der Waals surface area contributed by atoms with Crippen molar-refractivity contribution in [2.24, 2.45) is 0 Å². The van der Waals surface area contributed by atoms with Crippen LogP contribution >= 0.6 is 12.2 Å². The third kappa shape index (κ3) is 3.90. The lowest BCUT2D eigenvalue weighted by Gasteiger charge is -2.43. The number of nitrogens with zero attached hydrogens (tertiary/aromatic N) is 5. The van der Waals surface area contributed by atoms with Crippen LogP contribution in [0.4, 0.5) is 21.6 Å². The van der Waals surface area contributed by atoms with Crippen LogP contribution in [0.3, 0.4) is 0 Å². The van der Waals surface area contributed by atoms with Crippen molar-refractivity contribution in [2.75, 3.05) is 16.4 Å². The highest BCUT2D eigenvalue weighted by Gasteiger charge is 2.59. The van der Waals surface area contributed by atoms with E-state index in [0.717, 1.165) is 12.1 Å². The Kier molecular flexibility index (Phi) is 5.91. The molecule has 0 radical (unpaired) electrons. The van der Waals surface area contributed by atoms with Gasteiger partial charge < -0.3 is 14.5 Å². The van der Waals surface area contributed by atoms with E-state index < -0.39 is 11.4 Å². The number of carbonyl (C=O) groups is 1. The Balaban J connectivity index is 1.44. The van der Waals surface area contributed by atoms with E-state index in [1.807, 2.05) is 23.1 Å². The van der Waals surface area contributed by atoms with Crippen molar-refractivity contribution in [3.63, 3.8) is 0 Å². The SMILES string of the molecule is [C-]#[N+]c1ncc(N2C(=O)C3(CCC3)N(c3ccc(F)c(OCCc4ccccn4)c3)C2=S)cc1C. The second-order valence-electron chi connectivity index (χ2n) is 8.62. The Labute approximate surface area is 208 Å². The van der Waals surface area contributed by atoms with Crippen LogP contribution in [0.2, 0.25) is 0 Å². The molecule has 35 heavy (non-hydrogen) atoms. The first-order chi connectivity index (χ1) is 16.9. The van der Waals surface area contributed by atoms with E-state index in [1.165, 1.54) is 17.2 Å². The summed E-state index contributed by atoms with van der Waals surface area (Å²) >= 11 is 5.78. The minimum absolute atomic E-state index is 0.0977. The lowest BCUT2D eigenvalue weighted by molar-refractivity contribution is -0.123. The molecule has 176 valence electrons. The topological polar surface area (TPSA) is 62.9 Å². The Hall–Kier alpha value is -3.90. The summed E-state index contributed by atoms with van der Waals surface area (Å²) in [5.74, 6) is -0.235. The predicted molar refractivity (Wildman–Crippen MR) is 134 cm³/mol. The number of hydrogen-bond donors (Lipinski definition) is 0. The number of benzene rings is 1. The van der Waals surface area contributed by atoms with E-state index in [4.69, 9.17) is 23.5 Å². The van der Waals surface area contributed by atoms with E-state index in [2.05, 4.69) is 14.8 Å². The Morgan fingerprint density at radius 2 is 2.03 bits per heavy atom. The van der Waals surface area contributed by atoms with Crippen molar-refractivity contribution in [2.45, 2.75) is 38.1 Å². The van der Waals surface area contributed by atoms with Gasteiger partial charge in [0.2, 0.25) is 0 Å². The summed E-state index contributed by atoms with van der Waals surface area (Å²) in [5, 5.41) is 0.303. The van der Waals surface area contributed by atoms with Crippen molar-refractivity contribution in [3.8, 4) is 5.75 Å². The molecule has 1 saturated heterocycles. The normalized spacial score (nSPS) is 16.4. The zero-order chi connectivity index (χ0) is 24.6. The molecule has 0 atom stereocenters. The highest BCUT2D eigenvalue weighted by molar-refractivity contribution is 7.81. The molecule has 2 fully saturated rings. The molecule has 2 aromatic heterocycles. The van der Waals surface area contributed by atoms with Gasteiger partial charge in [-0.1, -0.05) is 12.6 Å². The molecule has 7 nitrogen and oxygen atoms in total. The zero-order valence-electron chi connectivity index (χ0n) is 19.1. The van der Waals surface area contributed by atoms with Crippen LogP contribution in [0.15, 0.2) is 54.9 Å². The molecule has 1 amide bonds. The summed E-state index contributed by atoms with van der Waals surface area (Å²) in [6.45, 7) is 9.26. The maximum atomic E-state index is 14.6. The molecule has 3 aromatic rings. The van der Waals surface area contributed by atoms with Gasteiger partial charge in [-0.15, -0.1) is 4.98 Å². The summed E-state index contributed by atoms with van der Waals surface area (Å²) in [6.07, 6.45) is 5.91. The summed E-state index contributed by atoms with van der Waals surface area (Å²) in [7, 11) is 0. The Morgan fingerprint density at radius 1 is 1.20 bits per heavy atom. The fourth-order valence-electron chi connectivity index (χ4n) is 4.55. The highest BCUT2D eigenvalue weighted by Crippen LogP contribution is 2.48. The average molecular weight is 488 g/mol. The van der Waals surface area contributed by atoms with Crippen molar-refractivity contribution in [1.29, 1.82) is 0 Å². The van der Waals surface area contributed by atoms with Gasteiger partial charge in [-0.05, 0) is 74.3 Å². The number of aryl methyl sites for hydroxylation is 1. The molecular weight excluding hydrogens is 465 g/mol. The number of carbonyl (C=O) groups excluding carboxylic acids is 1. The maximum absolute atomic E-state index is 14.6. The van der Waals surface area contributed by atoms with Crippen molar-refractivity contribution >= 4 is 40.4 Å². The zero-order valence-corrected chi connectivity index (χ0v) is 19.9. The van der Waals surface area contributed by atoms with Gasteiger partial charge in [-0.25, -0.2) is 4.39 Å². The first kappa shape index (κ1) is 22.9. The fourth-order valence-corrected chi connectivity index (χ4v) is 5.02. The smallest absolute Gasteiger partial charge is 0.272 e. The number of anilines is 2. The largest absolute Gasteiger partial charge is 0.490 e. The number of halogens is 1. The lowest BCUT2D eigenvalue weighted by Crippen LogP contribution is -2.55. The molecule has 1 spiro atoms. The molecule has 0 N–H and O–H groups in total. The van der Waals surface area contributed by atoms with Gasteiger partial charge in [-0.3, -0.25) is 14.7 Å². The average Bonchev–Trinajstić information content (AvgIpc) is 3.07. The van der Waals surface area contributed by atoms with Crippen LogP contribution in [0.25, 0.3) is 4.85 Å². The molecule has 2 aliphatic rings. The summed E-state index contributed by atoms with van der Waals surface area (Å²) < 4.78 is 20.4. The van der Waals surface area contributed by atoms with Crippen LogP contribution in [0.1, 0.15) is 30.5 Å². The van der Waals surface area contributed by atoms with Crippen LogP contribution < -0.4 is 14.5 Å². The van der Waals surface area contributed by atoms with E-state index in [9.17, 15) is 9.18 Å². The number of amides is 1. The molecule has 3 heterocycles. The number of aromatic nitrogens is 2. The number of thiocarbonyl (C=S) groups is 1. The molecule has 1 aliphatic carbocycles. The molecule has 9 heteroatoms. The van der Waals surface area contributed by atoms with E-state index in [1.54, 1.807) is 31.3 Å². The van der Waals surface area contributed by atoms with Gasteiger partial charge >= 0.3 is 0 Å². The Morgan fingerprint density at radius 3 is 2.69 bits per heavy atom. The lowest BCUT2D eigenvalue weighted by atomic mass is 9.75. The van der Waals surface area contributed by atoms with Crippen LogP contribution in [0.5, 0.6) is 5.75 Å². The minimum Gasteiger partial charge on any atom is -0.490 e. The molecule has 5 rings (SSSR count). The molecular formula is C26H22FN5O2S. The quantitative estimate of drug-likeness (QED) is 0.354. The predicted octanol–water partition coefficient (Wildman–Crippen LogP) is 5.16. The van der Waals surface area contributed by atoms with Gasteiger partial charge in [0, 0.05) is 30.1 Å². The van der Waals surface area contributed by atoms with E-state index in [0.29, 0.717) is 41.3 Å². The van der Waals surface area contributed by atoms with Crippen LogP contribution in [0, 0.1) is 19.3 Å². The minimum atomic E-state index is -0.813. The molecule has 1 aliphatic heterocycles. The highest BCUT2D eigenvalue weighted by atomic mass is 32.1. The first-order valence-corrected chi connectivity index (χ1v) is 11.7. The van der Waals surface area contributed by atoms with Gasteiger partial charge in [-0.2, -0.15) is 0 Å². The number of rotatable bonds is 6. The van der Waals surface area contributed by atoms with Gasteiger partial charge in [0.25, 0.3) is 11.7 Å². The molecule has 0 unspecified atom stereocenters. The summed E-state index contributed by atoms with van der Waals surface area (Å²) in [5.41, 5.74) is 1.83. The number of pyridine rings is 2. The summed E-state index contributed by atoms with van der Waals surface area (Å²) in [6, 6.07) is 11.9. The third-order valence-electron chi connectivity index (χ3n) is 6.51. The van der Waals surface area contributed by atoms with Crippen molar-refractivity contribution in [1.82, 2.24) is 9.97 Å². The first-order valence-electron chi connectivity index (χ1n) is 11.3. The third-order valence-corrected chi connectivity index (χ3v) is 6.87. The fraction of sp³-hybridized carbons (Fsp3) is 0.269. The van der Waals surface area contributed by atoms with Gasteiger partial charge in [0.15, 0.2) is 16.7 Å². The van der Waals surface area contributed by atoms with Gasteiger partial charge in [0.05, 0.1) is 12.3 Å². The standard InChI is InChI=1S/C26H22FN5O2S/c1-17-14-20(16-30-23(17)28-2)31-24(33)26(10-5-11-26)32(25(31)35)19-7-8-21(27)22(15-19)34-13-9-18-6-3-4-12-29-18/h3-4,6-8,12,14-16H,5,9-11,13H2,1H3. The van der Waals surface area contributed by atoms with Crippen LogP contribution in [-0.4, -0.2) is 33.1 Å². The monoisotopic (exact) mass is 487 g/mol. The molecule has 0 bridgehead atoms. The number of hydrogen-bond acceptors (Lipinski definition) is 5. The van der Waals surface area contributed by atoms with Crippen molar-refractivity contribution < 1.29 is 13.9 Å². The maximum Gasteiger partial charge on any atom is 0.272 e. The molecule has 1 aromatic carbocycles. The van der Waals surface area contributed by atoms with E-state index in [-0.39, 0.29) is 24.1 Å². The van der Waals surface area contributed by atoms with Gasteiger partial charge in [0.1, 0.15) is 11.7 Å². The number of ether oxygens (including phenoxy) is 1. The van der Waals surface area contributed by atoms with E-state index >= 15 is 0 Å². The van der Waals surface area contributed by atoms with Crippen LogP contribution in [-0.2, 0) is 11.2 Å². The summed E-state index contributed by atoms with van der Waals surface area (Å²) in [4.78, 5) is 28.8. The second kappa shape index (κ2) is 9.04. The second-order valence-corrected chi connectivity index (χ2v) is 8.99. The molecule has 1 saturated carbocycles.